The van der Waals surface area contributed by atoms with Crippen LogP contribution in [0.3, 0.4) is 0 Å². The third-order valence-corrected chi connectivity index (χ3v) is 4.35. The first-order chi connectivity index (χ1) is 9.11. The van der Waals surface area contributed by atoms with Gasteiger partial charge in [-0.25, -0.2) is 0 Å². The highest BCUT2D eigenvalue weighted by molar-refractivity contribution is 8.00. The summed E-state index contributed by atoms with van der Waals surface area (Å²) in [5.41, 5.74) is 13.5. The van der Waals surface area contributed by atoms with Crippen molar-refractivity contribution in [2.75, 3.05) is 16.2 Å². The van der Waals surface area contributed by atoms with Gasteiger partial charge in [-0.2, -0.15) is 0 Å². The molecule has 0 aliphatic heterocycles. The van der Waals surface area contributed by atoms with E-state index < -0.39 is 5.91 Å². The second-order valence-corrected chi connectivity index (χ2v) is 6.00. The van der Waals surface area contributed by atoms with Gasteiger partial charge in [-0.15, -0.1) is 11.3 Å². The Hall–Kier alpha value is -1.66. The minimum absolute atomic E-state index is 0.413. The summed E-state index contributed by atoms with van der Waals surface area (Å²) in [5, 5.41) is 0. The second-order valence-electron chi connectivity index (χ2n) is 3.88. The number of primary amides is 1. The van der Waals surface area contributed by atoms with Crippen molar-refractivity contribution in [1.82, 2.24) is 0 Å². The zero-order valence-corrected chi connectivity index (χ0v) is 12.1. The van der Waals surface area contributed by atoms with Crippen LogP contribution in [0.5, 0.6) is 0 Å². The number of carbonyl (C=O) groups excluding carboxylic acids is 1. The van der Waals surface area contributed by atoms with Gasteiger partial charge in [0.1, 0.15) is 4.88 Å². The Morgan fingerprint density at radius 3 is 2.84 bits per heavy atom. The van der Waals surface area contributed by atoms with Crippen molar-refractivity contribution in [3.05, 3.63) is 35.2 Å². The minimum atomic E-state index is -0.482. The van der Waals surface area contributed by atoms with Gasteiger partial charge in [-0.1, -0.05) is 31.0 Å². The van der Waals surface area contributed by atoms with Gasteiger partial charge in [0.05, 0.1) is 5.69 Å². The van der Waals surface area contributed by atoms with Crippen LogP contribution in [-0.4, -0.2) is 11.7 Å². The van der Waals surface area contributed by atoms with Crippen LogP contribution < -0.4 is 16.2 Å². The van der Waals surface area contributed by atoms with Gasteiger partial charge in [-0.05, 0) is 23.8 Å². The molecule has 100 valence electrons. The third kappa shape index (κ3) is 3.21. The summed E-state index contributed by atoms with van der Waals surface area (Å²) in [6.07, 6.45) is 0. The van der Waals surface area contributed by atoms with Gasteiger partial charge in [0.15, 0.2) is 0 Å². The van der Waals surface area contributed by atoms with Crippen molar-refractivity contribution < 1.29 is 4.79 Å². The van der Waals surface area contributed by atoms with E-state index in [1.807, 2.05) is 24.3 Å². The number of amides is 1. The van der Waals surface area contributed by atoms with E-state index in [0.29, 0.717) is 10.6 Å². The SMILES string of the molecule is CCSNc1cccc(-c2cc(N)c(C(N)=O)s2)c1. The number of nitrogens with two attached hydrogens (primary N) is 2. The largest absolute Gasteiger partial charge is 0.397 e. The molecular formula is C13H15N3OS2. The fraction of sp³-hybridized carbons (Fsp3) is 0.154. The number of thiophene rings is 1. The molecule has 0 bridgehead atoms. The number of carbonyl (C=O) groups is 1. The monoisotopic (exact) mass is 293 g/mol. The third-order valence-electron chi connectivity index (χ3n) is 2.47. The quantitative estimate of drug-likeness (QED) is 0.740. The fourth-order valence-electron chi connectivity index (χ4n) is 1.63. The predicted molar refractivity (Wildman–Crippen MR) is 84.4 cm³/mol. The van der Waals surface area contributed by atoms with Gasteiger partial charge >= 0.3 is 0 Å². The molecule has 1 aromatic heterocycles. The molecule has 0 saturated carbocycles. The van der Waals surface area contributed by atoms with Crippen molar-refractivity contribution in [2.45, 2.75) is 6.92 Å². The van der Waals surface area contributed by atoms with E-state index in [4.69, 9.17) is 11.5 Å². The van der Waals surface area contributed by atoms with Crippen LogP contribution in [0.25, 0.3) is 10.4 Å². The molecule has 0 aliphatic carbocycles. The summed E-state index contributed by atoms with van der Waals surface area (Å²) in [4.78, 5) is 12.6. The molecule has 0 atom stereocenters. The van der Waals surface area contributed by atoms with Crippen molar-refractivity contribution >= 4 is 40.6 Å². The maximum absolute atomic E-state index is 11.2. The lowest BCUT2D eigenvalue weighted by Crippen LogP contribution is -2.10. The first-order valence-electron chi connectivity index (χ1n) is 5.79. The van der Waals surface area contributed by atoms with Crippen LogP contribution in [-0.2, 0) is 0 Å². The number of nitrogen functional groups attached to an aromatic ring is 1. The predicted octanol–water partition coefficient (Wildman–Crippen LogP) is 3.18. The molecule has 2 rings (SSSR count). The second kappa shape index (κ2) is 5.99. The van der Waals surface area contributed by atoms with Crippen molar-refractivity contribution in [1.29, 1.82) is 0 Å². The van der Waals surface area contributed by atoms with E-state index in [0.717, 1.165) is 21.9 Å². The number of benzene rings is 1. The van der Waals surface area contributed by atoms with E-state index in [9.17, 15) is 4.79 Å². The summed E-state index contributed by atoms with van der Waals surface area (Å²) in [6, 6.07) is 9.76. The molecular weight excluding hydrogens is 278 g/mol. The highest BCUT2D eigenvalue weighted by atomic mass is 32.2. The molecule has 1 heterocycles. The normalized spacial score (nSPS) is 10.4. The van der Waals surface area contributed by atoms with E-state index in [1.54, 1.807) is 18.0 Å². The minimum Gasteiger partial charge on any atom is -0.397 e. The molecule has 0 spiro atoms. The Morgan fingerprint density at radius 2 is 2.21 bits per heavy atom. The number of hydrogen-bond donors (Lipinski definition) is 3. The van der Waals surface area contributed by atoms with Gasteiger partial charge in [0.2, 0.25) is 0 Å². The van der Waals surface area contributed by atoms with E-state index in [-0.39, 0.29) is 0 Å². The van der Waals surface area contributed by atoms with Crippen molar-refractivity contribution in [3.63, 3.8) is 0 Å². The maximum Gasteiger partial charge on any atom is 0.260 e. The van der Waals surface area contributed by atoms with Gasteiger partial charge in [0.25, 0.3) is 5.91 Å². The standard InChI is InChI=1S/C13H15N3OS2/c1-2-18-16-9-5-3-4-8(6-9)11-7-10(14)12(19-11)13(15)17/h3-7,16H,2,14H2,1H3,(H2,15,17). The molecule has 2 aromatic rings. The molecule has 0 fully saturated rings. The van der Waals surface area contributed by atoms with Crippen molar-refractivity contribution in [2.24, 2.45) is 5.73 Å². The van der Waals surface area contributed by atoms with E-state index in [1.165, 1.54) is 11.3 Å². The van der Waals surface area contributed by atoms with Gasteiger partial charge in [0, 0.05) is 16.3 Å². The van der Waals surface area contributed by atoms with E-state index in [2.05, 4.69) is 11.6 Å². The lowest BCUT2D eigenvalue weighted by Gasteiger charge is -2.05. The van der Waals surface area contributed by atoms with Crippen LogP contribution in [0.1, 0.15) is 16.6 Å². The summed E-state index contributed by atoms with van der Waals surface area (Å²) >= 11 is 2.95. The van der Waals surface area contributed by atoms with Crippen LogP contribution in [0.15, 0.2) is 30.3 Å². The van der Waals surface area contributed by atoms with Crippen LogP contribution in [0.4, 0.5) is 11.4 Å². The molecule has 0 unspecified atom stereocenters. The molecule has 6 heteroatoms. The Morgan fingerprint density at radius 1 is 1.42 bits per heavy atom. The molecule has 5 N–H and O–H groups in total. The highest BCUT2D eigenvalue weighted by Gasteiger charge is 2.12. The lowest BCUT2D eigenvalue weighted by atomic mass is 10.1. The van der Waals surface area contributed by atoms with Crippen LogP contribution in [0, 0.1) is 0 Å². The molecule has 0 saturated heterocycles. The summed E-state index contributed by atoms with van der Waals surface area (Å²) in [6.45, 7) is 2.08. The Kier molecular flexibility index (Phi) is 4.34. The highest BCUT2D eigenvalue weighted by Crippen LogP contribution is 2.34. The van der Waals surface area contributed by atoms with Gasteiger partial charge in [-0.3, -0.25) is 4.79 Å². The summed E-state index contributed by atoms with van der Waals surface area (Å²) in [5.74, 6) is 0.506. The van der Waals surface area contributed by atoms with Crippen LogP contribution in [0.2, 0.25) is 0 Å². The lowest BCUT2D eigenvalue weighted by molar-refractivity contribution is 0.100. The topological polar surface area (TPSA) is 81.1 Å². The van der Waals surface area contributed by atoms with Gasteiger partial charge < -0.3 is 16.2 Å². The maximum atomic E-state index is 11.2. The zero-order chi connectivity index (χ0) is 13.8. The average molecular weight is 293 g/mol. The molecule has 1 aromatic carbocycles. The molecule has 0 aliphatic rings. The van der Waals surface area contributed by atoms with Crippen molar-refractivity contribution in [3.8, 4) is 10.4 Å². The van der Waals surface area contributed by atoms with E-state index >= 15 is 0 Å². The number of nitrogens with one attached hydrogen (secondary N) is 1. The molecule has 19 heavy (non-hydrogen) atoms. The van der Waals surface area contributed by atoms with Crippen LogP contribution >= 0.6 is 23.3 Å². The molecule has 4 nitrogen and oxygen atoms in total. The zero-order valence-electron chi connectivity index (χ0n) is 10.5. The Bertz CT molecular complexity index is 595. The first-order valence-corrected chi connectivity index (χ1v) is 7.59. The first kappa shape index (κ1) is 13.8. The Balaban J connectivity index is 2.31. The summed E-state index contributed by atoms with van der Waals surface area (Å²) < 4.78 is 3.25. The fourth-order valence-corrected chi connectivity index (χ4v) is 3.00. The number of anilines is 2. The average Bonchev–Trinajstić information content (AvgIpc) is 2.79. The number of rotatable bonds is 5. The summed E-state index contributed by atoms with van der Waals surface area (Å²) in [7, 11) is 0. The number of hydrogen-bond acceptors (Lipinski definition) is 5. The smallest absolute Gasteiger partial charge is 0.260 e. The molecule has 1 amide bonds. The molecule has 0 radical (unpaired) electrons. The Labute approximate surface area is 120 Å².